The summed E-state index contributed by atoms with van der Waals surface area (Å²) >= 11 is 0. The van der Waals surface area contributed by atoms with Crippen molar-refractivity contribution in [2.75, 3.05) is 6.54 Å². The van der Waals surface area contributed by atoms with Gasteiger partial charge in [0.05, 0.1) is 5.56 Å². The first-order valence-electron chi connectivity index (χ1n) is 9.00. The molecule has 5 nitrogen and oxygen atoms in total. The van der Waals surface area contributed by atoms with Gasteiger partial charge in [0.25, 0.3) is 5.91 Å². The average molecular weight is 375 g/mol. The molecule has 0 unspecified atom stereocenters. The zero-order valence-electron chi connectivity index (χ0n) is 15.2. The predicted octanol–water partition coefficient (Wildman–Crippen LogP) is 3.86. The number of nitrogens with one attached hydrogen (secondary N) is 1. The molecule has 0 saturated carbocycles. The second kappa shape index (κ2) is 9.37. The van der Waals surface area contributed by atoms with Crippen LogP contribution in [0.5, 0.6) is 5.75 Å². The van der Waals surface area contributed by atoms with Crippen molar-refractivity contribution in [1.29, 1.82) is 0 Å². The van der Waals surface area contributed by atoms with E-state index in [9.17, 15) is 9.59 Å². The van der Waals surface area contributed by atoms with E-state index in [1.807, 2.05) is 60.7 Å². The van der Waals surface area contributed by atoms with Gasteiger partial charge in [0.15, 0.2) is 0 Å². The highest BCUT2D eigenvalue weighted by atomic mass is 16.5. The van der Waals surface area contributed by atoms with Gasteiger partial charge in [-0.3, -0.25) is 4.79 Å². The van der Waals surface area contributed by atoms with E-state index in [0.29, 0.717) is 18.7 Å². The maximum absolute atomic E-state index is 12.8. The molecular weight excluding hydrogens is 354 g/mol. The van der Waals surface area contributed by atoms with Crippen LogP contribution < -0.4 is 10.1 Å². The maximum atomic E-state index is 12.8. The number of aromatic carboxylic acids is 1. The van der Waals surface area contributed by atoms with Crippen LogP contribution in [0.1, 0.15) is 27.6 Å². The van der Waals surface area contributed by atoms with Gasteiger partial charge in [0.2, 0.25) is 6.10 Å². The number of carbonyl (C=O) groups is 2. The fraction of sp³-hybridized carbons (Fsp3) is 0.130. The molecule has 0 saturated heterocycles. The molecule has 28 heavy (non-hydrogen) atoms. The monoisotopic (exact) mass is 375 g/mol. The van der Waals surface area contributed by atoms with Crippen molar-refractivity contribution in [2.24, 2.45) is 0 Å². The Morgan fingerprint density at radius 3 is 2.07 bits per heavy atom. The van der Waals surface area contributed by atoms with Crippen molar-refractivity contribution in [3.05, 3.63) is 102 Å². The minimum atomic E-state index is -0.955. The Kier molecular flexibility index (Phi) is 6.41. The Morgan fingerprint density at radius 2 is 1.46 bits per heavy atom. The molecular formula is C23H21NO4. The van der Waals surface area contributed by atoms with Crippen LogP contribution in [0.2, 0.25) is 0 Å². The number of benzene rings is 3. The first-order valence-corrected chi connectivity index (χ1v) is 9.00. The summed E-state index contributed by atoms with van der Waals surface area (Å²) in [6, 6.07) is 25.2. The van der Waals surface area contributed by atoms with Crippen molar-refractivity contribution in [1.82, 2.24) is 5.32 Å². The number of amides is 1. The SMILES string of the molecule is O=C(O)c1ccc(CCNC(=O)[C@@H](Oc2ccccc2)c2ccccc2)cc1. The van der Waals surface area contributed by atoms with Crippen molar-refractivity contribution in [3.63, 3.8) is 0 Å². The number of para-hydroxylation sites is 1. The van der Waals surface area contributed by atoms with Crippen molar-refractivity contribution >= 4 is 11.9 Å². The van der Waals surface area contributed by atoms with Gasteiger partial charge in [-0.05, 0) is 36.2 Å². The number of rotatable bonds is 8. The Hall–Kier alpha value is -3.60. The van der Waals surface area contributed by atoms with E-state index in [-0.39, 0.29) is 11.5 Å². The van der Waals surface area contributed by atoms with Crippen LogP contribution >= 0.6 is 0 Å². The molecule has 2 N–H and O–H groups in total. The van der Waals surface area contributed by atoms with Gasteiger partial charge >= 0.3 is 5.97 Å². The summed E-state index contributed by atoms with van der Waals surface area (Å²) in [6.45, 7) is 0.423. The molecule has 0 aliphatic rings. The highest BCUT2D eigenvalue weighted by Gasteiger charge is 2.22. The Labute approximate surface area is 163 Å². The van der Waals surface area contributed by atoms with Crippen LogP contribution in [0.15, 0.2) is 84.9 Å². The summed E-state index contributed by atoms with van der Waals surface area (Å²) in [5.41, 5.74) is 1.97. The number of hydrogen-bond acceptors (Lipinski definition) is 3. The molecule has 1 amide bonds. The van der Waals surface area contributed by atoms with Gasteiger partial charge in [-0.15, -0.1) is 0 Å². The Balaban J connectivity index is 1.63. The number of hydrogen-bond donors (Lipinski definition) is 2. The normalized spacial score (nSPS) is 11.4. The van der Waals surface area contributed by atoms with E-state index >= 15 is 0 Å². The van der Waals surface area contributed by atoms with Crippen LogP contribution in [0.25, 0.3) is 0 Å². The van der Waals surface area contributed by atoms with E-state index in [1.165, 1.54) is 0 Å². The van der Waals surface area contributed by atoms with Crippen molar-refractivity contribution in [3.8, 4) is 5.75 Å². The fourth-order valence-electron chi connectivity index (χ4n) is 2.77. The van der Waals surface area contributed by atoms with Gasteiger partial charge in [-0.2, -0.15) is 0 Å². The van der Waals surface area contributed by atoms with Crippen LogP contribution in [0.3, 0.4) is 0 Å². The van der Waals surface area contributed by atoms with Gasteiger partial charge in [0.1, 0.15) is 5.75 Å². The molecule has 0 aliphatic heterocycles. The van der Waals surface area contributed by atoms with Gasteiger partial charge in [-0.25, -0.2) is 4.79 Å². The lowest BCUT2D eigenvalue weighted by molar-refractivity contribution is -0.128. The average Bonchev–Trinajstić information content (AvgIpc) is 2.73. The standard InChI is InChI=1S/C23H21NO4/c25-22(24-16-15-17-11-13-19(14-12-17)23(26)27)21(18-7-3-1-4-8-18)28-20-9-5-2-6-10-20/h1-14,21H,15-16H2,(H,24,25)(H,26,27)/t21-/m0/s1. The Bertz CT molecular complexity index is 908. The predicted molar refractivity (Wildman–Crippen MR) is 106 cm³/mol. The lowest BCUT2D eigenvalue weighted by atomic mass is 10.1. The zero-order valence-corrected chi connectivity index (χ0v) is 15.2. The molecule has 0 spiro atoms. The number of carboxylic acid groups (broad SMARTS) is 1. The minimum absolute atomic E-state index is 0.225. The van der Waals surface area contributed by atoms with E-state index in [2.05, 4.69) is 5.32 Å². The molecule has 142 valence electrons. The van der Waals surface area contributed by atoms with Crippen LogP contribution in [-0.4, -0.2) is 23.5 Å². The first-order chi connectivity index (χ1) is 13.6. The lowest BCUT2D eigenvalue weighted by Crippen LogP contribution is -2.33. The summed E-state index contributed by atoms with van der Waals surface area (Å²) in [4.78, 5) is 23.7. The van der Waals surface area contributed by atoms with E-state index in [1.54, 1.807) is 24.3 Å². The summed E-state index contributed by atoms with van der Waals surface area (Å²) in [6.07, 6.45) is -0.156. The summed E-state index contributed by atoms with van der Waals surface area (Å²) in [5.74, 6) is -0.559. The lowest BCUT2D eigenvalue weighted by Gasteiger charge is -2.19. The molecule has 0 bridgehead atoms. The second-order valence-corrected chi connectivity index (χ2v) is 6.26. The van der Waals surface area contributed by atoms with Gasteiger partial charge in [-0.1, -0.05) is 60.7 Å². The topological polar surface area (TPSA) is 75.6 Å². The summed E-state index contributed by atoms with van der Waals surface area (Å²) in [5, 5.41) is 11.9. The molecule has 5 heteroatoms. The maximum Gasteiger partial charge on any atom is 0.335 e. The minimum Gasteiger partial charge on any atom is -0.478 e. The molecule has 3 rings (SSSR count). The molecule has 0 radical (unpaired) electrons. The summed E-state index contributed by atoms with van der Waals surface area (Å²) < 4.78 is 5.93. The number of carboxylic acids is 1. The molecule has 3 aromatic carbocycles. The summed E-state index contributed by atoms with van der Waals surface area (Å²) in [7, 11) is 0. The largest absolute Gasteiger partial charge is 0.478 e. The third-order valence-corrected chi connectivity index (χ3v) is 4.25. The van der Waals surface area contributed by atoms with Gasteiger partial charge < -0.3 is 15.2 Å². The highest BCUT2D eigenvalue weighted by Crippen LogP contribution is 2.22. The van der Waals surface area contributed by atoms with Crippen molar-refractivity contribution < 1.29 is 19.4 Å². The van der Waals surface area contributed by atoms with Crippen molar-refractivity contribution in [2.45, 2.75) is 12.5 Å². The van der Waals surface area contributed by atoms with Crippen LogP contribution in [0.4, 0.5) is 0 Å². The third-order valence-electron chi connectivity index (χ3n) is 4.25. The highest BCUT2D eigenvalue weighted by molar-refractivity contribution is 5.87. The quantitative estimate of drug-likeness (QED) is 0.627. The van der Waals surface area contributed by atoms with E-state index < -0.39 is 12.1 Å². The smallest absolute Gasteiger partial charge is 0.335 e. The van der Waals surface area contributed by atoms with Crippen LogP contribution in [-0.2, 0) is 11.2 Å². The fourth-order valence-corrected chi connectivity index (χ4v) is 2.77. The zero-order chi connectivity index (χ0) is 19.8. The first kappa shape index (κ1) is 19.2. The molecule has 0 aromatic heterocycles. The molecule has 0 fully saturated rings. The Morgan fingerprint density at radius 1 is 0.857 bits per heavy atom. The van der Waals surface area contributed by atoms with Crippen LogP contribution in [0, 0.1) is 0 Å². The molecule has 0 aliphatic carbocycles. The molecule has 1 atom stereocenters. The van der Waals surface area contributed by atoms with Gasteiger partial charge in [0, 0.05) is 12.1 Å². The molecule has 0 heterocycles. The number of carbonyl (C=O) groups excluding carboxylic acids is 1. The third kappa shape index (κ3) is 5.20. The van der Waals surface area contributed by atoms with E-state index in [4.69, 9.17) is 9.84 Å². The number of ether oxygens (including phenoxy) is 1. The van der Waals surface area contributed by atoms with E-state index in [0.717, 1.165) is 11.1 Å². The second-order valence-electron chi connectivity index (χ2n) is 6.26. The molecule has 3 aromatic rings.